The van der Waals surface area contributed by atoms with Crippen LogP contribution in [0.25, 0.3) is 0 Å². The number of hydrogen-bond acceptors (Lipinski definition) is 3. The molecule has 0 spiro atoms. The number of carboxylic acids is 1. The van der Waals surface area contributed by atoms with Crippen LogP contribution in [0.4, 0.5) is 10.5 Å². The van der Waals surface area contributed by atoms with Gasteiger partial charge in [-0.25, -0.2) is 4.79 Å². The Labute approximate surface area is 150 Å². The molecule has 0 fully saturated rings. The highest BCUT2D eigenvalue weighted by Crippen LogP contribution is 2.25. The molecule has 25 heavy (non-hydrogen) atoms. The topological polar surface area (TPSA) is 87.7 Å². The lowest BCUT2D eigenvalue weighted by molar-refractivity contribution is -0.136. The Morgan fingerprint density at radius 3 is 2.28 bits per heavy atom. The van der Waals surface area contributed by atoms with Crippen LogP contribution < -0.4 is 15.4 Å². The molecule has 0 bridgehead atoms. The van der Waals surface area contributed by atoms with E-state index >= 15 is 0 Å². The van der Waals surface area contributed by atoms with Gasteiger partial charge in [-0.2, -0.15) is 0 Å². The molecular formula is C18H19ClN2O4. The van der Waals surface area contributed by atoms with Gasteiger partial charge < -0.3 is 20.5 Å². The molecule has 0 aromatic heterocycles. The number of amides is 2. The molecule has 7 heteroatoms. The van der Waals surface area contributed by atoms with Gasteiger partial charge in [-0.15, -0.1) is 0 Å². The molecule has 0 saturated heterocycles. The summed E-state index contributed by atoms with van der Waals surface area (Å²) >= 11 is 6.10. The van der Waals surface area contributed by atoms with Crippen LogP contribution in [0.3, 0.4) is 0 Å². The number of benzene rings is 2. The van der Waals surface area contributed by atoms with E-state index in [-0.39, 0.29) is 13.2 Å². The fourth-order valence-electron chi connectivity index (χ4n) is 2.23. The van der Waals surface area contributed by atoms with Gasteiger partial charge in [0, 0.05) is 10.7 Å². The quantitative estimate of drug-likeness (QED) is 0.683. The van der Waals surface area contributed by atoms with E-state index in [9.17, 15) is 9.59 Å². The van der Waals surface area contributed by atoms with Crippen LogP contribution in [0, 0.1) is 13.8 Å². The molecule has 0 radical (unpaired) electrons. The predicted octanol–water partition coefficient (Wildman–Crippen LogP) is 3.74. The number of anilines is 1. The number of aryl methyl sites for hydroxylation is 2. The third kappa shape index (κ3) is 5.69. The van der Waals surface area contributed by atoms with E-state index < -0.39 is 12.0 Å². The largest absolute Gasteiger partial charge is 0.481 e. The summed E-state index contributed by atoms with van der Waals surface area (Å²) < 4.78 is 5.50. The Kier molecular flexibility index (Phi) is 6.25. The summed E-state index contributed by atoms with van der Waals surface area (Å²) in [5.41, 5.74) is 3.03. The van der Waals surface area contributed by atoms with Crippen molar-refractivity contribution in [2.24, 2.45) is 0 Å². The van der Waals surface area contributed by atoms with E-state index in [2.05, 4.69) is 10.6 Å². The second-order valence-corrected chi connectivity index (χ2v) is 5.94. The predicted molar refractivity (Wildman–Crippen MR) is 96.4 cm³/mol. The molecule has 0 heterocycles. The minimum Gasteiger partial charge on any atom is -0.481 e. The highest BCUT2D eigenvalue weighted by atomic mass is 35.5. The van der Waals surface area contributed by atoms with E-state index in [4.69, 9.17) is 21.4 Å². The summed E-state index contributed by atoms with van der Waals surface area (Å²) in [5, 5.41) is 14.6. The van der Waals surface area contributed by atoms with Crippen molar-refractivity contribution in [3.8, 4) is 5.75 Å². The summed E-state index contributed by atoms with van der Waals surface area (Å²) in [4.78, 5) is 22.5. The molecule has 0 atom stereocenters. The number of aliphatic carboxylic acids is 1. The molecule has 2 aromatic rings. The van der Waals surface area contributed by atoms with Crippen LogP contribution in [0.2, 0.25) is 5.02 Å². The molecule has 132 valence electrons. The zero-order chi connectivity index (χ0) is 18.4. The first kappa shape index (κ1) is 18.6. The first-order valence-corrected chi connectivity index (χ1v) is 7.98. The van der Waals surface area contributed by atoms with E-state index in [1.807, 2.05) is 13.8 Å². The maximum Gasteiger partial charge on any atom is 0.321 e. The van der Waals surface area contributed by atoms with Crippen molar-refractivity contribution >= 4 is 29.3 Å². The summed E-state index contributed by atoms with van der Waals surface area (Å²) in [6.45, 7) is 3.77. The van der Waals surface area contributed by atoms with Gasteiger partial charge in [-0.1, -0.05) is 23.7 Å². The van der Waals surface area contributed by atoms with Crippen molar-refractivity contribution in [1.82, 2.24) is 5.32 Å². The third-order valence-electron chi connectivity index (χ3n) is 3.45. The van der Waals surface area contributed by atoms with Gasteiger partial charge in [0.05, 0.1) is 6.42 Å². The first-order chi connectivity index (χ1) is 11.8. The second kappa shape index (κ2) is 8.39. The molecular weight excluding hydrogens is 344 g/mol. The standard InChI is InChI=1S/C18H19ClN2O4/c1-11-7-15(8-12(2)17(11)19)25-10-20-18(24)21-14-5-3-13(4-6-14)9-16(22)23/h3-8H,9-10H2,1-2H3,(H,22,23)(H2,20,21,24). The van der Waals surface area contributed by atoms with E-state index in [0.29, 0.717) is 22.0 Å². The number of ether oxygens (including phenoxy) is 1. The van der Waals surface area contributed by atoms with Gasteiger partial charge in [0.1, 0.15) is 5.75 Å². The highest BCUT2D eigenvalue weighted by Gasteiger charge is 2.06. The average molecular weight is 363 g/mol. The SMILES string of the molecule is Cc1cc(OCNC(=O)Nc2ccc(CC(=O)O)cc2)cc(C)c1Cl. The average Bonchev–Trinajstić information content (AvgIpc) is 2.54. The zero-order valence-electron chi connectivity index (χ0n) is 13.9. The Bertz CT molecular complexity index is 752. The maximum atomic E-state index is 11.8. The van der Waals surface area contributed by atoms with Crippen LogP contribution in [-0.2, 0) is 11.2 Å². The number of carboxylic acid groups (broad SMARTS) is 1. The van der Waals surface area contributed by atoms with E-state index in [0.717, 1.165) is 11.1 Å². The fourth-order valence-corrected chi connectivity index (χ4v) is 2.34. The third-order valence-corrected chi connectivity index (χ3v) is 4.04. The van der Waals surface area contributed by atoms with Crippen LogP contribution in [-0.4, -0.2) is 23.8 Å². The molecule has 2 aromatic carbocycles. The van der Waals surface area contributed by atoms with Crippen molar-refractivity contribution in [2.45, 2.75) is 20.3 Å². The van der Waals surface area contributed by atoms with Crippen molar-refractivity contribution in [3.05, 3.63) is 58.1 Å². The molecule has 2 amide bonds. The number of hydrogen-bond donors (Lipinski definition) is 3. The minimum absolute atomic E-state index is 0.00342. The summed E-state index contributed by atoms with van der Waals surface area (Å²) in [6, 6.07) is 9.77. The van der Waals surface area contributed by atoms with Crippen molar-refractivity contribution in [3.63, 3.8) is 0 Å². The molecule has 3 N–H and O–H groups in total. The fraction of sp³-hybridized carbons (Fsp3) is 0.222. The summed E-state index contributed by atoms with van der Waals surface area (Å²) in [5.74, 6) is -0.277. The monoisotopic (exact) mass is 362 g/mol. The van der Waals surface area contributed by atoms with Crippen LogP contribution >= 0.6 is 11.6 Å². The van der Waals surface area contributed by atoms with Gasteiger partial charge in [0.2, 0.25) is 0 Å². The Hall–Kier alpha value is -2.73. The number of halogens is 1. The number of urea groups is 1. The zero-order valence-corrected chi connectivity index (χ0v) is 14.7. The molecule has 2 rings (SSSR count). The Balaban J connectivity index is 1.82. The van der Waals surface area contributed by atoms with E-state index in [1.165, 1.54) is 0 Å². The molecule has 0 aliphatic heterocycles. The van der Waals surface area contributed by atoms with Gasteiger partial charge in [-0.05, 0) is 54.8 Å². The molecule has 0 saturated carbocycles. The molecule has 0 aliphatic carbocycles. The highest BCUT2D eigenvalue weighted by molar-refractivity contribution is 6.32. The molecule has 0 aliphatic rings. The van der Waals surface area contributed by atoms with Crippen molar-refractivity contribution in [2.75, 3.05) is 12.0 Å². The van der Waals surface area contributed by atoms with Crippen LogP contribution in [0.15, 0.2) is 36.4 Å². The van der Waals surface area contributed by atoms with Crippen LogP contribution in [0.5, 0.6) is 5.75 Å². The number of rotatable bonds is 6. The summed E-state index contributed by atoms with van der Waals surface area (Å²) in [7, 11) is 0. The smallest absolute Gasteiger partial charge is 0.321 e. The van der Waals surface area contributed by atoms with Crippen molar-refractivity contribution < 1.29 is 19.4 Å². The van der Waals surface area contributed by atoms with Crippen LogP contribution in [0.1, 0.15) is 16.7 Å². The lowest BCUT2D eigenvalue weighted by atomic mass is 10.1. The number of nitrogens with one attached hydrogen (secondary N) is 2. The molecule has 6 nitrogen and oxygen atoms in total. The maximum absolute atomic E-state index is 11.8. The minimum atomic E-state index is -0.900. The second-order valence-electron chi connectivity index (χ2n) is 5.56. The van der Waals surface area contributed by atoms with Gasteiger partial charge in [-0.3, -0.25) is 4.79 Å². The molecule has 0 unspecified atom stereocenters. The number of carbonyl (C=O) groups is 2. The van der Waals surface area contributed by atoms with E-state index in [1.54, 1.807) is 36.4 Å². The lowest BCUT2D eigenvalue weighted by Crippen LogP contribution is -2.32. The van der Waals surface area contributed by atoms with Crippen molar-refractivity contribution in [1.29, 1.82) is 0 Å². The van der Waals surface area contributed by atoms with Gasteiger partial charge in [0.25, 0.3) is 0 Å². The first-order valence-electron chi connectivity index (χ1n) is 7.60. The Morgan fingerprint density at radius 1 is 1.12 bits per heavy atom. The summed E-state index contributed by atoms with van der Waals surface area (Å²) in [6.07, 6.45) is -0.0553. The van der Waals surface area contributed by atoms with Gasteiger partial charge in [0.15, 0.2) is 6.73 Å². The Morgan fingerprint density at radius 2 is 1.72 bits per heavy atom. The van der Waals surface area contributed by atoms with Gasteiger partial charge >= 0.3 is 12.0 Å². The normalized spacial score (nSPS) is 10.2. The number of carbonyl (C=O) groups excluding carboxylic acids is 1. The lowest BCUT2D eigenvalue weighted by Gasteiger charge is -2.11.